The predicted molar refractivity (Wildman–Crippen MR) is 78.5 cm³/mol. The van der Waals surface area contributed by atoms with Crippen LogP contribution in [0.4, 0.5) is 5.69 Å². The van der Waals surface area contributed by atoms with Gasteiger partial charge in [-0.1, -0.05) is 18.5 Å². The second kappa shape index (κ2) is 6.04. The largest absolute Gasteiger partial charge is 0.399 e. The van der Waals surface area contributed by atoms with Crippen LogP contribution in [0, 0.1) is 0 Å². The van der Waals surface area contributed by atoms with Crippen molar-refractivity contribution in [2.24, 2.45) is 0 Å². The van der Waals surface area contributed by atoms with Gasteiger partial charge in [-0.25, -0.2) is 4.98 Å². The van der Waals surface area contributed by atoms with Gasteiger partial charge < -0.3 is 11.1 Å². The Kier molecular flexibility index (Phi) is 4.39. The van der Waals surface area contributed by atoms with E-state index in [1.807, 2.05) is 6.20 Å². The van der Waals surface area contributed by atoms with Gasteiger partial charge in [0.2, 0.25) is 0 Å². The smallest absolute Gasteiger partial charge is 0.251 e. The third kappa shape index (κ3) is 3.68. The number of anilines is 1. The zero-order valence-electron chi connectivity index (χ0n) is 10.4. The first-order chi connectivity index (χ1) is 9.08. The number of halogens is 1. The second-order valence-electron chi connectivity index (χ2n) is 4.03. The average Bonchev–Trinajstić information content (AvgIpc) is 2.82. The Labute approximate surface area is 120 Å². The Morgan fingerprint density at radius 1 is 1.47 bits per heavy atom. The molecule has 2 rings (SSSR count). The quantitative estimate of drug-likeness (QED) is 0.852. The first kappa shape index (κ1) is 13.8. The van der Waals surface area contributed by atoms with Crippen molar-refractivity contribution in [1.29, 1.82) is 0 Å². The van der Waals surface area contributed by atoms with E-state index in [1.165, 1.54) is 4.88 Å². The fraction of sp³-hybridized carbons (Fsp3) is 0.231. The fourth-order valence-corrected chi connectivity index (χ4v) is 2.64. The number of carbonyl (C=O) groups is 1. The lowest BCUT2D eigenvalue weighted by molar-refractivity contribution is 0.0951. The normalized spacial score (nSPS) is 10.4. The maximum atomic E-state index is 12.0. The molecule has 0 aliphatic carbocycles. The Hall–Kier alpha value is -1.59. The van der Waals surface area contributed by atoms with E-state index in [9.17, 15) is 4.79 Å². The number of hydrogen-bond acceptors (Lipinski definition) is 4. The fourth-order valence-electron chi connectivity index (χ4n) is 1.59. The molecule has 0 unspecified atom stereocenters. The topological polar surface area (TPSA) is 68.0 Å². The summed E-state index contributed by atoms with van der Waals surface area (Å²) < 4.78 is 0. The third-order valence-electron chi connectivity index (χ3n) is 2.53. The lowest BCUT2D eigenvalue weighted by atomic mass is 10.2. The van der Waals surface area contributed by atoms with E-state index >= 15 is 0 Å². The molecule has 0 aliphatic heterocycles. The molecule has 19 heavy (non-hydrogen) atoms. The maximum Gasteiger partial charge on any atom is 0.251 e. The number of benzene rings is 1. The van der Waals surface area contributed by atoms with Crippen molar-refractivity contribution in [2.45, 2.75) is 19.9 Å². The second-order valence-corrected chi connectivity index (χ2v) is 5.67. The van der Waals surface area contributed by atoms with E-state index < -0.39 is 0 Å². The summed E-state index contributed by atoms with van der Waals surface area (Å²) >= 11 is 7.46. The molecule has 0 fully saturated rings. The molecular weight excluding hydrogens is 282 g/mol. The van der Waals surface area contributed by atoms with Crippen LogP contribution in [0.3, 0.4) is 0 Å². The highest BCUT2D eigenvalue weighted by atomic mass is 35.5. The molecule has 0 aliphatic rings. The molecule has 2 aromatic rings. The zero-order chi connectivity index (χ0) is 13.8. The number of aryl methyl sites for hydroxylation is 1. The number of amides is 1. The van der Waals surface area contributed by atoms with Gasteiger partial charge in [0.1, 0.15) is 5.01 Å². The third-order valence-corrected chi connectivity index (χ3v) is 3.89. The van der Waals surface area contributed by atoms with Crippen molar-refractivity contribution in [1.82, 2.24) is 10.3 Å². The minimum Gasteiger partial charge on any atom is -0.399 e. The van der Waals surface area contributed by atoms with Crippen LogP contribution in [0.5, 0.6) is 0 Å². The van der Waals surface area contributed by atoms with Gasteiger partial charge in [0.05, 0.1) is 6.54 Å². The van der Waals surface area contributed by atoms with Gasteiger partial charge in [-0.05, 0) is 24.6 Å². The van der Waals surface area contributed by atoms with Gasteiger partial charge >= 0.3 is 0 Å². The number of rotatable bonds is 4. The van der Waals surface area contributed by atoms with Gasteiger partial charge in [0.15, 0.2) is 0 Å². The lowest BCUT2D eigenvalue weighted by Crippen LogP contribution is -2.22. The van der Waals surface area contributed by atoms with Crippen LogP contribution >= 0.6 is 22.9 Å². The van der Waals surface area contributed by atoms with Crippen LogP contribution in [-0.4, -0.2) is 10.9 Å². The average molecular weight is 296 g/mol. The summed E-state index contributed by atoms with van der Waals surface area (Å²) in [6.45, 7) is 2.49. The Balaban J connectivity index is 2.00. The summed E-state index contributed by atoms with van der Waals surface area (Å²) in [6.07, 6.45) is 2.79. The Bertz CT molecular complexity index is 577. The lowest BCUT2D eigenvalue weighted by Gasteiger charge is -2.05. The number of nitrogens with two attached hydrogens (primary N) is 1. The molecule has 3 N–H and O–H groups in total. The van der Waals surface area contributed by atoms with Crippen molar-refractivity contribution in [2.75, 3.05) is 5.73 Å². The summed E-state index contributed by atoms with van der Waals surface area (Å²) in [4.78, 5) is 17.4. The van der Waals surface area contributed by atoms with Crippen LogP contribution in [0.15, 0.2) is 24.4 Å². The van der Waals surface area contributed by atoms with E-state index in [4.69, 9.17) is 17.3 Å². The van der Waals surface area contributed by atoms with Crippen molar-refractivity contribution < 1.29 is 4.79 Å². The molecule has 4 nitrogen and oxygen atoms in total. The van der Waals surface area contributed by atoms with Crippen LogP contribution < -0.4 is 11.1 Å². The molecule has 0 spiro atoms. The van der Waals surface area contributed by atoms with Crippen LogP contribution in [0.2, 0.25) is 5.02 Å². The van der Waals surface area contributed by atoms with Gasteiger partial charge in [0, 0.05) is 27.3 Å². The van der Waals surface area contributed by atoms with Crippen LogP contribution in [-0.2, 0) is 13.0 Å². The van der Waals surface area contributed by atoms with Crippen LogP contribution in [0.25, 0.3) is 0 Å². The maximum absolute atomic E-state index is 12.0. The first-order valence-electron chi connectivity index (χ1n) is 5.86. The predicted octanol–water partition coefficient (Wildman–Crippen LogP) is 2.87. The summed E-state index contributed by atoms with van der Waals surface area (Å²) in [5, 5.41) is 4.14. The summed E-state index contributed by atoms with van der Waals surface area (Å²) in [5.74, 6) is -0.206. The monoisotopic (exact) mass is 295 g/mol. The number of nitrogen functional groups attached to an aromatic ring is 1. The molecule has 100 valence electrons. The number of nitrogens with one attached hydrogen (secondary N) is 1. The highest BCUT2D eigenvalue weighted by Gasteiger charge is 2.08. The van der Waals surface area contributed by atoms with E-state index in [2.05, 4.69) is 17.2 Å². The first-order valence-corrected chi connectivity index (χ1v) is 7.05. The molecule has 1 heterocycles. The van der Waals surface area contributed by atoms with Gasteiger partial charge in [-0.15, -0.1) is 11.3 Å². The summed E-state index contributed by atoms with van der Waals surface area (Å²) in [5.41, 5.74) is 6.58. The standard InChI is InChI=1S/C13H14ClN3OS/c1-2-11-6-16-12(19-11)7-17-13(18)8-3-9(14)5-10(15)4-8/h3-6H,2,7,15H2,1H3,(H,17,18). The minimum absolute atomic E-state index is 0.206. The molecular formula is C13H14ClN3OS. The van der Waals surface area contributed by atoms with Crippen molar-refractivity contribution >= 4 is 34.5 Å². The Morgan fingerprint density at radius 2 is 2.26 bits per heavy atom. The minimum atomic E-state index is -0.206. The van der Waals surface area contributed by atoms with E-state index in [0.717, 1.165) is 11.4 Å². The number of aromatic nitrogens is 1. The van der Waals surface area contributed by atoms with Crippen LogP contribution in [0.1, 0.15) is 27.2 Å². The molecule has 0 atom stereocenters. The van der Waals surface area contributed by atoms with E-state index in [1.54, 1.807) is 29.5 Å². The molecule has 0 bridgehead atoms. The van der Waals surface area contributed by atoms with Gasteiger partial charge in [-0.3, -0.25) is 4.79 Å². The van der Waals surface area contributed by atoms with E-state index in [0.29, 0.717) is 22.8 Å². The summed E-state index contributed by atoms with van der Waals surface area (Å²) in [7, 11) is 0. The van der Waals surface area contributed by atoms with E-state index in [-0.39, 0.29) is 5.91 Å². The molecule has 0 saturated heterocycles. The van der Waals surface area contributed by atoms with Crippen molar-refractivity contribution in [3.8, 4) is 0 Å². The number of nitrogens with zero attached hydrogens (tertiary/aromatic N) is 1. The van der Waals surface area contributed by atoms with Crippen molar-refractivity contribution in [3.63, 3.8) is 0 Å². The molecule has 1 amide bonds. The highest BCUT2D eigenvalue weighted by molar-refractivity contribution is 7.11. The molecule has 0 saturated carbocycles. The number of carbonyl (C=O) groups excluding carboxylic acids is 1. The number of hydrogen-bond donors (Lipinski definition) is 2. The Morgan fingerprint density at radius 3 is 2.89 bits per heavy atom. The number of thiazole rings is 1. The molecule has 1 aromatic carbocycles. The molecule has 1 aromatic heterocycles. The molecule has 6 heteroatoms. The zero-order valence-corrected chi connectivity index (χ0v) is 12.0. The van der Waals surface area contributed by atoms with Gasteiger partial charge in [0.25, 0.3) is 5.91 Å². The highest BCUT2D eigenvalue weighted by Crippen LogP contribution is 2.17. The molecule has 0 radical (unpaired) electrons. The van der Waals surface area contributed by atoms with Gasteiger partial charge in [-0.2, -0.15) is 0 Å². The summed E-state index contributed by atoms with van der Waals surface area (Å²) in [6, 6.07) is 4.79. The SMILES string of the molecule is CCc1cnc(CNC(=O)c2cc(N)cc(Cl)c2)s1. The van der Waals surface area contributed by atoms with Crippen molar-refractivity contribution in [3.05, 3.63) is 44.9 Å².